The number of ketones is 1. The lowest BCUT2D eigenvalue weighted by molar-refractivity contribution is -0.138. The van der Waals surface area contributed by atoms with Crippen molar-refractivity contribution in [2.75, 3.05) is 32.9 Å². The molecule has 2 aromatic carbocycles. The van der Waals surface area contributed by atoms with Gasteiger partial charge in [0.25, 0.3) is 6.01 Å². The normalized spacial score (nSPS) is 24.8. The van der Waals surface area contributed by atoms with Crippen LogP contribution in [0.4, 0.5) is 19.2 Å². The molecule has 2 heterocycles. The number of benzene rings is 2. The SMILES string of the molecule is Cc1ccc(C(=O)Cc2ccc(CN3CCC(N(C)C)CC3)c(C(F)(F)F)c2)cc1C12CC(c3cnc(N)o3)(C1)C2. The van der Waals surface area contributed by atoms with Crippen molar-refractivity contribution >= 4 is 11.8 Å². The van der Waals surface area contributed by atoms with Gasteiger partial charge in [-0.1, -0.05) is 24.3 Å². The summed E-state index contributed by atoms with van der Waals surface area (Å²) < 4.78 is 47.9. The van der Waals surface area contributed by atoms with Crippen LogP contribution in [0.1, 0.15) is 76.0 Å². The molecule has 2 N–H and O–H groups in total. The lowest BCUT2D eigenvalue weighted by Crippen LogP contribution is -2.67. The van der Waals surface area contributed by atoms with Gasteiger partial charge >= 0.3 is 6.18 Å². The van der Waals surface area contributed by atoms with Gasteiger partial charge in [0.2, 0.25) is 0 Å². The van der Waals surface area contributed by atoms with Crippen LogP contribution in [0.2, 0.25) is 0 Å². The number of hydrogen-bond donors (Lipinski definition) is 1. The molecular weight excluding hydrogens is 529 g/mol. The van der Waals surface area contributed by atoms with Crippen LogP contribution in [-0.2, 0) is 30.0 Å². The molecule has 0 unspecified atom stereocenters. The summed E-state index contributed by atoms with van der Waals surface area (Å²) in [4.78, 5) is 21.6. The molecule has 7 rings (SSSR count). The average Bonchev–Trinajstić information content (AvgIpc) is 3.30. The second-order valence-corrected chi connectivity index (χ2v) is 12.7. The molecule has 4 fully saturated rings. The number of nitrogens with two attached hydrogens (primary N) is 1. The lowest BCUT2D eigenvalue weighted by Gasteiger charge is -2.70. The van der Waals surface area contributed by atoms with Gasteiger partial charge in [-0.05, 0) is 106 Å². The monoisotopic (exact) mass is 566 g/mol. The highest BCUT2D eigenvalue weighted by Crippen LogP contribution is 2.74. The first-order valence-corrected chi connectivity index (χ1v) is 14.3. The van der Waals surface area contributed by atoms with E-state index in [2.05, 4.69) is 14.8 Å². The maximum atomic E-state index is 14.1. The standard InChI is InChI=1S/C32H37F3N4O2/c1-20-4-6-22(14-25(20)30-17-31(18-30,19-30)28-15-37-29(36)41-28)27(40)13-21-5-7-23(26(12-21)32(33,34)35)16-39-10-8-24(9-11-39)38(2)3/h4-7,12,14-15,24H,8-11,13,16-19H2,1-3H3,(H2,36,37). The fraction of sp³-hybridized carbons (Fsp3) is 0.500. The number of halogens is 3. The van der Waals surface area contributed by atoms with E-state index in [1.54, 1.807) is 24.4 Å². The Kier molecular flexibility index (Phi) is 6.81. The lowest BCUT2D eigenvalue weighted by atomic mass is 9.32. The van der Waals surface area contributed by atoms with Gasteiger partial charge in [0.15, 0.2) is 5.78 Å². The Balaban J connectivity index is 1.16. The van der Waals surface area contributed by atoms with Crippen LogP contribution in [0.5, 0.6) is 0 Å². The first kappa shape index (κ1) is 28.0. The molecular formula is C32H37F3N4O2. The van der Waals surface area contributed by atoms with Gasteiger partial charge in [-0.25, -0.2) is 4.98 Å². The maximum Gasteiger partial charge on any atom is 0.416 e. The second kappa shape index (κ2) is 9.98. The Morgan fingerprint density at radius 2 is 1.80 bits per heavy atom. The van der Waals surface area contributed by atoms with Crippen molar-refractivity contribution in [1.29, 1.82) is 0 Å². The molecule has 0 radical (unpaired) electrons. The zero-order valence-electron chi connectivity index (χ0n) is 23.9. The minimum Gasteiger partial charge on any atom is -0.428 e. The zero-order valence-corrected chi connectivity index (χ0v) is 23.9. The largest absolute Gasteiger partial charge is 0.428 e. The quantitative estimate of drug-likeness (QED) is 0.342. The van der Waals surface area contributed by atoms with Crippen LogP contribution in [0.15, 0.2) is 47.0 Å². The van der Waals surface area contributed by atoms with Gasteiger partial charge in [0.05, 0.1) is 11.8 Å². The van der Waals surface area contributed by atoms with Crippen molar-refractivity contribution in [3.05, 3.63) is 81.7 Å². The van der Waals surface area contributed by atoms with Gasteiger partial charge in [-0.2, -0.15) is 13.2 Å². The molecule has 3 aliphatic carbocycles. The highest BCUT2D eigenvalue weighted by atomic mass is 19.4. The summed E-state index contributed by atoms with van der Waals surface area (Å²) in [5.74, 6) is 0.644. The molecule has 4 aliphatic rings. The molecule has 3 aromatic rings. The number of nitrogens with zero attached hydrogens (tertiary/aromatic N) is 3. The van der Waals surface area contributed by atoms with E-state index in [-0.39, 0.29) is 41.2 Å². The molecule has 0 spiro atoms. The number of carbonyl (C=O) groups is 1. The Labute approximate surface area is 238 Å². The molecule has 0 atom stereocenters. The third-order valence-corrected chi connectivity index (χ3v) is 9.73. The van der Waals surface area contributed by atoms with Gasteiger partial charge in [-0.15, -0.1) is 0 Å². The summed E-state index contributed by atoms with van der Waals surface area (Å²) in [6.45, 7) is 3.84. The molecule has 3 saturated carbocycles. The number of aryl methyl sites for hydroxylation is 1. The molecule has 9 heteroatoms. The predicted molar refractivity (Wildman–Crippen MR) is 151 cm³/mol. The highest BCUT2D eigenvalue weighted by Gasteiger charge is 2.70. The third-order valence-electron chi connectivity index (χ3n) is 9.73. The minimum absolute atomic E-state index is 0.00591. The summed E-state index contributed by atoms with van der Waals surface area (Å²) in [6, 6.07) is 10.7. The number of aromatic nitrogens is 1. The van der Waals surface area contributed by atoms with Crippen LogP contribution in [-0.4, -0.2) is 53.8 Å². The number of rotatable bonds is 8. The van der Waals surface area contributed by atoms with Crippen LogP contribution in [0.3, 0.4) is 0 Å². The van der Waals surface area contributed by atoms with Crippen LogP contribution in [0.25, 0.3) is 0 Å². The number of hydrogen-bond acceptors (Lipinski definition) is 6. The highest BCUT2D eigenvalue weighted by molar-refractivity contribution is 5.98. The fourth-order valence-electron chi connectivity index (χ4n) is 7.49. The molecule has 1 aliphatic heterocycles. The van der Waals surface area contributed by atoms with E-state index in [4.69, 9.17) is 10.2 Å². The number of likely N-dealkylation sites (tertiary alicyclic amines) is 1. The number of nitrogen functional groups attached to an aromatic ring is 1. The van der Waals surface area contributed by atoms with Gasteiger partial charge in [0, 0.05) is 30.0 Å². The van der Waals surface area contributed by atoms with E-state index in [1.807, 2.05) is 33.2 Å². The van der Waals surface area contributed by atoms with Crippen molar-refractivity contribution in [3.63, 3.8) is 0 Å². The van der Waals surface area contributed by atoms with Crippen molar-refractivity contribution in [3.8, 4) is 0 Å². The number of piperidine rings is 1. The van der Waals surface area contributed by atoms with E-state index in [9.17, 15) is 18.0 Å². The number of alkyl halides is 3. The average molecular weight is 567 g/mol. The van der Waals surface area contributed by atoms with Crippen molar-refractivity contribution in [2.45, 2.75) is 75.0 Å². The van der Waals surface area contributed by atoms with Gasteiger partial charge in [-0.3, -0.25) is 9.69 Å². The van der Waals surface area contributed by atoms with Gasteiger partial charge < -0.3 is 15.1 Å². The summed E-state index contributed by atoms with van der Waals surface area (Å²) in [7, 11) is 4.09. The summed E-state index contributed by atoms with van der Waals surface area (Å²) in [5.41, 5.74) is 8.43. The maximum absolute atomic E-state index is 14.1. The molecule has 218 valence electrons. The first-order valence-electron chi connectivity index (χ1n) is 14.3. The Hall–Kier alpha value is -3.17. The first-order chi connectivity index (χ1) is 19.4. The number of Topliss-reactive ketones (excluding diaryl/α,β-unsaturated/α-hetero) is 1. The van der Waals surface area contributed by atoms with Crippen LogP contribution in [0, 0.1) is 6.92 Å². The molecule has 1 saturated heterocycles. The van der Waals surface area contributed by atoms with E-state index in [1.165, 1.54) is 6.07 Å². The van der Waals surface area contributed by atoms with Crippen molar-refractivity contribution in [2.24, 2.45) is 0 Å². The molecule has 0 amide bonds. The fourth-order valence-corrected chi connectivity index (χ4v) is 7.49. The zero-order chi connectivity index (χ0) is 29.2. The van der Waals surface area contributed by atoms with E-state index in [0.29, 0.717) is 17.2 Å². The van der Waals surface area contributed by atoms with Crippen molar-refractivity contribution in [1.82, 2.24) is 14.8 Å². The van der Waals surface area contributed by atoms with Gasteiger partial charge in [0.1, 0.15) is 5.76 Å². The Morgan fingerprint density at radius 3 is 2.41 bits per heavy atom. The summed E-state index contributed by atoms with van der Waals surface area (Å²) >= 11 is 0. The van der Waals surface area contributed by atoms with E-state index in [0.717, 1.165) is 62.1 Å². The molecule has 6 nitrogen and oxygen atoms in total. The topological polar surface area (TPSA) is 75.6 Å². The van der Waals surface area contributed by atoms with Crippen LogP contribution >= 0.6 is 0 Å². The van der Waals surface area contributed by atoms with Crippen molar-refractivity contribution < 1.29 is 22.4 Å². The summed E-state index contributed by atoms with van der Waals surface area (Å²) in [5, 5.41) is 0. The smallest absolute Gasteiger partial charge is 0.416 e. The number of oxazole rings is 1. The third kappa shape index (κ3) is 5.07. The van der Waals surface area contributed by atoms with E-state index >= 15 is 0 Å². The summed E-state index contributed by atoms with van der Waals surface area (Å²) in [6.07, 6.45) is 1.77. The number of carbonyl (C=O) groups excluding carboxylic acids is 1. The minimum atomic E-state index is -4.48. The molecule has 2 bridgehead atoms. The van der Waals surface area contributed by atoms with E-state index < -0.39 is 11.7 Å². The molecule has 41 heavy (non-hydrogen) atoms. The molecule has 1 aromatic heterocycles. The van der Waals surface area contributed by atoms with Crippen LogP contribution < -0.4 is 5.73 Å². The Morgan fingerprint density at radius 1 is 1.10 bits per heavy atom. The predicted octanol–water partition coefficient (Wildman–Crippen LogP) is 5.91. The number of anilines is 1. The second-order valence-electron chi connectivity index (χ2n) is 12.7. The Bertz CT molecular complexity index is 1450.